The molecule has 0 aliphatic rings. The number of carboxylic acid groups (broad SMARTS) is 1. The van der Waals surface area contributed by atoms with Gasteiger partial charge >= 0.3 is 5.97 Å². The third-order valence-electron chi connectivity index (χ3n) is 3.10. The predicted molar refractivity (Wildman–Crippen MR) is 81.2 cm³/mol. The first-order chi connectivity index (χ1) is 9.93. The summed E-state index contributed by atoms with van der Waals surface area (Å²) in [6.45, 7) is 0.227. The number of benzene rings is 1. The van der Waals surface area contributed by atoms with E-state index in [2.05, 4.69) is 0 Å². The number of carboxylic acids is 1. The first kappa shape index (κ1) is 15.7. The van der Waals surface area contributed by atoms with Gasteiger partial charge in [0.2, 0.25) is 0 Å². The van der Waals surface area contributed by atoms with Gasteiger partial charge in [0, 0.05) is 13.6 Å². The second kappa shape index (κ2) is 6.38. The highest BCUT2D eigenvalue weighted by atomic mass is 32.2. The number of carbonyl (C=O) groups is 1. The zero-order chi connectivity index (χ0) is 15.5. The Hall–Kier alpha value is -1.70. The third kappa shape index (κ3) is 3.49. The van der Waals surface area contributed by atoms with Crippen molar-refractivity contribution in [1.29, 1.82) is 0 Å². The lowest BCUT2D eigenvalue weighted by Crippen LogP contribution is -2.28. The second-order valence-electron chi connectivity index (χ2n) is 4.47. The van der Waals surface area contributed by atoms with Crippen molar-refractivity contribution >= 4 is 27.3 Å². The molecule has 0 amide bonds. The molecule has 0 saturated heterocycles. The van der Waals surface area contributed by atoms with Crippen LogP contribution in [0.3, 0.4) is 0 Å². The third-order valence-corrected chi connectivity index (χ3v) is 6.33. The van der Waals surface area contributed by atoms with E-state index in [1.165, 1.54) is 17.4 Å². The lowest BCUT2D eigenvalue weighted by Gasteiger charge is -2.16. The number of hydrogen-bond acceptors (Lipinski definition) is 4. The van der Waals surface area contributed by atoms with Gasteiger partial charge in [-0.3, -0.25) is 0 Å². The van der Waals surface area contributed by atoms with Crippen LogP contribution < -0.4 is 0 Å². The molecule has 1 N–H and O–H groups in total. The van der Waals surface area contributed by atoms with E-state index in [0.717, 1.165) is 11.3 Å². The molecule has 5 nitrogen and oxygen atoms in total. The minimum atomic E-state index is -3.49. The van der Waals surface area contributed by atoms with E-state index in [9.17, 15) is 13.2 Å². The number of aromatic carboxylic acids is 1. The minimum Gasteiger partial charge on any atom is -0.478 e. The SMILES string of the molecule is CN(CCc1ccccc1C(=O)O)S(=O)(=O)c1cccs1. The Bertz CT molecular complexity index is 723. The molecule has 1 aromatic heterocycles. The predicted octanol–water partition coefficient (Wildman–Crippen LogP) is 2.31. The molecule has 0 radical (unpaired) electrons. The fourth-order valence-electron chi connectivity index (χ4n) is 1.91. The Balaban J connectivity index is 2.12. The Labute approximate surface area is 127 Å². The van der Waals surface area contributed by atoms with E-state index in [-0.39, 0.29) is 16.3 Å². The van der Waals surface area contributed by atoms with Crippen LogP contribution in [-0.2, 0) is 16.4 Å². The number of nitrogens with zero attached hydrogens (tertiary/aromatic N) is 1. The normalized spacial score (nSPS) is 11.7. The summed E-state index contributed by atoms with van der Waals surface area (Å²) in [5.74, 6) is -1.01. The molecule has 112 valence electrons. The summed E-state index contributed by atoms with van der Waals surface area (Å²) in [4.78, 5) is 11.1. The van der Waals surface area contributed by atoms with Crippen LogP contribution in [-0.4, -0.2) is 37.4 Å². The second-order valence-corrected chi connectivity index (χ2v) is 7.69. The number of rotatable bonds is 6. The first-order valence-electron chi connectivity index (χ1n) is 6.24. The minimum absolute atomic E-state index is 0.208. The van der Waals surface area contributed by atoms with Gasteiger partial charge in [-0.1, -0.05) is 24.3 Å². The van der Waals surface area contributed by atoms with Crippen molar-refractivity contribution in [2.75, 3.05) is 13.6 Å². The van der Waals surface area contributed by atoms with E-state index in [4.69, 9.17) is 5.11 Å². The van der Waals surface area contributed by atoms with Crippen LogP contribution in [0.15, 0.2) is 46.0 Å². The molecular formula is C14H15NO4S2. The number of thiophene rings is 1. The molecule has 0 fully saturated rings. The Morgan fingerprint density at radius 3 is 2.57 bits per heavy atom. The molecule has 0 atom stereocenters. The molecule has 0 saturated carbocycles. The van der Waals surface area contributed by atoms with Gasteiger partial charge in [-0.25, -0.2) is 13.2 Å². The molecule has 0 bridgehead atoms. The fourth-order valence-corrected chi connectivity index (χ4v) is 4.28. The lowest BCUT2D eigenvalue weighted by atomic mass is 10.1. The lowest BCUT2D eigenvalue weighted by molar-refractivity contribution is 0.0695. The summed E-state index contributed by atoms with van der Waals surface area (Å²) in [6.07, 6.45) is 0.351. The summed E-state index contributed by atoms with van der Waals surface area (Å²) in [6, 6.07) is 9.86. The molecule has 0 spiro atoms. The van der Waals surface area contributed by atoms with Gasteiger partial charge in [-0.15, -0.1) is 11.3 Å². The molecule has 0 aliphatic carbocycles. The molecule has 1 aromatic carbocycles. The Morgan fingerprint density at radius 1 is 1.24 bits per heavy atom. The van der Waals surface area contributed by atoms with Crippen LogP contribution in [0, 0.1) is 0 Å². The Morgan fingerprint density at radius 2 is 1.95 bits per heavy atom. The zero-order valence-electron chi connectivity index (χ0n) is 11.4. The summed E-state index contributed by atoms with van der Waals surface area (Å²) in [5.41, 5.74) is 0.831. The van der Waals surface area contributed by atoms with Gasteiger partial charge in [0.1, 0.15) is 4.21 Å². The maximum absolute atomic E-state index is 12.3. The van der Waals surface area contributed by atoms with E-state index in [1.807, 2.05) is 0 Å². The average molecular weight is 325 g/mol. The van der Waals surface area contributed by atoms with E-state index in [0.29, 0.717) is 12.0 Å². The molecule has 1 heterocycles. The number of hydrogen-bond donors (Lipinski definition) is 1. The first-order valence-corrected chi connectivity index (χ1v) is 8.56. The highest BCUT2D eigenvalue weighted by Crippen LogP contribution is 2.20. The van der Waals surface area contributed by atoms with Crippen LogP contribution >= 0.6 is 11.3 Å². The zero-order valence-corrected chi connectivity index (χ0v) is 13.0. The quantitative estimate of drug-likeness (QED) is 0.884. The van der Waals surface area contributed by atoms with Crippen LogP contribution in [0.25, 0.3) is 0 Å². The van der Waals surface area contributed by atoms with Gasteiger partial charge in [0.15, 0.2) is 0 Å². The van der Waals surface area contributed by atoms with E-state index < -0.39 is 16.0 Å². The largest absolute Gasteiger partial charge is 0.478 e. The number of sulfonamides is 1. The van der Waals surface area contributed by atoms with Crippen molar-refractivity contribution in [3.63, 3.8) is 0 Å². The smallest absolute Gasteiger partial charge is 0.335 e. The van der Waals surface area contributed by atoms with Crippen LogP contribution in [0.5, 0.6) is 0 Å². The van der Waals surface area contributed by atoms with Crippen LogP contribution in [0.1, 0.15) is 15.9 Å². The maximum atomic E-state index is 12.3. The van der Waals surface area contributed by atoms with Crippen LogP contribution in [0.4, 0.5) is 0 Å². The molecule has 2 aromatic rings. The molecule has 2 rings (SSSR count). The van der Waals surface area contributed by atoms with E-state index >= 15 is 0 Å². The molecule has 7 heteroatoms. The van der Waals surface area contributed by atoms with Crippen LogP contribution in [0.2, 0.25) is 0 Å². The maximum Gasteiger partial charge on any atom is 0.335 e. The van der Waals surface area contributed by atoms with Gasteiger partial charge in [-0.2, -0.15) is 4.31 Å². The standard InChI is InChI=1S/C14H15NO4S2/c1-15(21(18,19)13-7-4-10-20-13)9-8-11-5-2-3-6-12(11)14(16)17/h2-7,10H,8-9H2,1H3,(H,16,17). The average Bonchev–Trinajstić information content (AvgIpc) is 2.99. The highest BCUT2D eigenvalue weighted by Gasteiger charge is 2.21. The van der Waals surface area contributed by atoms with Gasteiger partial charge in [0.25, 0.3) is 10.0 Å². The molecule has 0 aliphatic heterocycles. The molecule has 0 unspecified atom stereocenters. The topological polar surface area (TPSA) is 74.7 Å². The summed E-state index contributed by atoms with van der Waals surface area (Å²) < 4.78 is 26.0. The van der Waals surface area contributed by atoms with Gasteiger partial charge in [0.05, 0.1) is 5.56 Å². The van der Waals surface area contributed by atoms with Crippen molar-refractivity contribution < 1.29 is 18.3 Å². The van der Waals surface area contributed by atoms with E-state index in [1.54, 1.807) is 35.7 Å². The molecular weight excluding hydrogens is 310 g/mol. The fraction of sp³-hybridized carbons (Fsp3) is 0.214. The van der Waals surface area contributed by atoms with Crippen molar-refractivity contribution in [3.05, 3.63) is 52.9 Å². The summed E-state index contributed by atoms with van der Waals surface area (Å²) in [7, 11) is -2.00. The monoisotopic (exact) mass is 325 g/mol. The van der Waals surface area contributed by atoms with Gasteiger partial charge in [-0.05, 0) is 29.5 Å². The Kier molecular flexibility index (Phi) is 4.76. The number of likely N-dealkylation sites (N-methyl/N-ethyl adjacent to an activating group) is 1. The summed E-state index contributed by atoms with van der Waals surface area (Å²) >= 11 is 1.16. The van der Waals surface area contributed by atoms with Crippen molar-refractivity contribution in [3.8, 4) is 0 Å². The van der Waals surface area contributed by atoms with Crippen molar-refractivity contribution in [2.24, 2.45) is 0 Å². The van der Waals surface area contributed by atoms with Crippen molar-refractivity contribution in [1.82, 2.24) is 4.31 Å². The molecule has 21 heavy (non-hydrogen) atoms. The van der Waals surface area contributed by atoms with Crippen molar-refractivity contribution in [2.45, 2.75) is 10.6 Å². The van der Waals surface area contributed by atoms with Gasteiger partial charge < -0.3 is 5.11 Å². The highest BCUT2D eigenvalue weighted by molar-refractivity contribution is 7.91. The summed E-state index contributed by atoms with van der Waals surface area (Å²) in [5, 5.41) is 10.8.